The number of ether oxygens (including phenoxy) is 1. The molecule has 4 N–H and O–H groups in total. The van der Waals surface area contributed by atoms with E-state index in [2.05, 4.69) is 26.6 Å². The van der Waals surface area contributed by atoms with Crippen LogP contribution in [0.3, 0.4) is 0 Å². The summed E-state index contributed by atoms with van der Waals surface area (Å²) in [6.45, 7) is 6.62. The average Bonchev–Trinajstić information content (AvgIpc) is 3.16. The first-order valence-electron chi connectivity index (χ1n) is 10.2. The number of nitrogens with zero attached hydrogens (tertiary/aromatic N) is 2. The van der Waals surface area contributed by atoms with Crippen LogP contribution in [0.4, 0.5) is 4.79 Å². The quantitative estimate of drug-likeness (QED) is 0.224. The molecule has 0 aromatic carbocycles. The number of nitro groups is 1. The van der Waals surface area contributed by atoms with Crippen LogP contribution in [-0.4, -0.2) is 53.9 Å². The van der Waals surface area contributed by atoms with Gasteiger partial charge in [0.05, 0.1) is 17.2 Å². The highest BCUT2D eigenvalue weighted by Crippen LogP contribution is 2.20. The summed E-state index contributed by atoms with van der Waals surface area (Å²) >= 11 is 0. The molecule has 1 heterocycles. The first-order valence-corrected chi connectivity index (χ1v) is 10.2. The van der Waals surface area contributed by atoms with Gasteiger partial charge in [-0.05, 0) is 39.7 Å². The molecule has 0 saturated carbocycles. The summed E-state index contributed by atoms with van der Waals surface area (Å²) in [5, 5.41) is 16.5. The Labute approximate surface area is 180 Å². The third-order valence-corrected chi connectivity index (χ3v) is 4.28. The Hall–Kier alpha value is -2.99. The van der Waals surface area contributed by atoms with Crippen molar-refractivity contribution in [1.82, 2.24) is 21.6 Å². The molecule has 12 heteroatoms. The van der Waals surface area contributed by atoms with Gasteiger partial charge in [-0.3, -0.25) is 19.9 Å². The molecular weight excluding hydrogens is 408 g/mol. The van der Waals surface area contributed by atoms with Crippen molar-refractivity contribution in [3.05, 3.63) is 33.7 Å². The number of carbonyl (C=O) groups excluding carboxylic acids is 2. The number of alkyl carbamates (subject to hydrolysis) is 1. The number of hydroxylamine groups is 2. The zero-order chi connectivity index (χ0) is 22.9. The zero-order valence-electron chi connectivity index (χ0n) is 18.0. The molecule has 0 aromatic heterocycles. The molecule has 1 unspecified atom stereocenters. The van der Waals surface area contributed by atoms with Crippen LogP contribution < -0.4 is 21.6 Å². The molecule has 0 spiro atoms. The van der Waals surface area contributed by atoms with Crippen LogP contribution in [0.1, 0.15) is 46.5 Å². The van der Waals surface area contributed by atoms with Gasteiger partial charge in [0.15, 0.2) is 0 Å². The normalized spacial score (nSPS) is 19.1. The summed E-state index contributed by atoms with van der Waals surface area (Å²) in [6.07, 6.45) is 5.17. The summed E-state index contributed by atoms with van der Waals surface area (Å²) in [5.74, 6) is -0.0697. The Morgan fingerprint density at radius 3 is 2.71 bits per heavy atom. The van der Waals surface area contributed by atoms with Gasteiger partial charge in [-0.15, -0.1) is 0 Å². The number of amides is 2. The lowest BCUT2D eigenvalue weighted by atomic mass is 10.0. The number of allylic oxidation sites excluding steroid dienone is 1. The Morgan fingerprint density at radius 1 is 1.23 bits per heavy atom. The van der Waals surface area contributed by atoms with E-state index in [9.17, 15) is 19.7 Å². The molecule has 1 aliphatic carbocycles. The second-order valence-corrected chi connectivity index (χ2v) is 8.04. The van der Waals surface area contributed by atoms with Crippen molar-refractivity contribution >= 4 is 17.7 Å². The number of aliphatic imine (C=N–C) groups is 1. The van der Waals surface area contributed by atoms with Gasteiger partial charge in [-0.2, -0.15) is 10.4 Å². The second-order valence-electron chi connectivity index (χ2n) is 8.04. The Balaban J connectivity index is 1.57. The molecule has 1 fully saturated rings. The fraction of sp³-hybridized carbons (Fsp3) is 0.632. The average molecular weight is 438 g/mol. The van der Waals surface area contributed by atoms with Crippen LogP contribution in [0.2, 0.25) is 0 Å². The number of carbonyl (C=O) groups is 2. The third kappa shape index (κ3) is 8.34. The smallest absolute Gasteiger partial charge is 0.407 e. The van der Waals surface area contributed by atoms with Gasteiger partial charge >= 0.3 is 6.09 Å². The summed E-state index contributed by atoms with van der Waals surface area (Å²) in [7, 11) is 0. The van der Waals surface area contributed by atoms with Crippen molar-refractivity contribution in [1.29, 1.82) is 0 Å². The Bertz CT molecular complexity index is 770. The number of unbranched alkanes of at least 4 members (excludes halogenated alkanes) is 2. The molecule has 1 atom stereocenters. The lowest BCUT2D eigenvalue weighted by Gasteiger charge is -2.19. The standard InChI is InChI=1S/C19H30N6O6/c1-19(2,3)30-18(27)22-10-6-4-5-7-15(26)21-12-11-20-13-8-9-14(25(28)29)17-16(13)23-31-24-17/h8-9,16,23-24H,4-7,10-12H2,1-3H3,(H,21,26)(H,22,27). The lowest BCUT2D eigenvalue weighted by Crippen LogP contribution is -2.34. The number of hydrogen-bond donors (Lipinski definition) is 4. The van der Waals surface area contributed by atoms with Crippen molar-refractivity contribution in [2.75, 3.05) is 19.6 Å². The molecule has 12 nitrogen and oxygen atoms in total. The highest BCUT2D eigenvalue weighted by molar-refractivity contribution is 6.03. The fourth-order valence-electron chi connectivity index (χ4n) is 2.88. The molecule has 2 aliphatic rings. The van der Waals surface area contributed by atoms with E-state index >= 15 is 0 Å². The number of rotatable bonds is 10. The summed E-state index contributed by atoms with van der Waals surface area (Å²) in [6, 6.07) is -0.532. The SMILES string of the molecule is CC(C)(C)OC(=O)NCCCCCC(=O)NCCN=C1C=CC([N+](=O)[O-])=C2NONC12. The van der Waals surface area contributed by atoms with Gasteiger partial charge in [0.25, 0.3) is 5.70 Å². The highest BCUT2D eigenvalue weighted by Gasteiger charge is 2.35. The van der Waals surface area contributed by atoms with Crippen LogP contribution in [0.5, 0.6) is 0 Å². The number of hydrogen-bond acceptors (Lipinski definition) is 9. The predicted octanol–water partition coefficient (Wildman–Crippen LogP) is 1.09. The maximum absolute atomic E-state index is 11.9. The van der Waals surface area contributed by atoms with E-state index in [1.54, 1.807) is 26.8 Å². The van der Waals surface area contributed by atoms with Gasteiger partial charge in [-0.25, -0.2) is 10.3 Å². The van der Waals surface area contributed by atoms with Crippen molar-refractivity contribution in [2.24, 2.45) is 4.99 Å². The fourth-order valence-corrected chi connectivity index (χ4v) is 2.88. The Morgan fingerprint density at radius 2 is 2.00 bits per heavy atom. The molecule has 0 bridgehead atoms. The zero-order valence-corrected chi connectivity index (χ0v) is 18.0. The van der Waals surface area contributed by atoms with Crippen LogP contribution in [0.25, 0.3) is 0 Å². The van der Waals surface area contributed by atoms with Gasteiger partial charge < -0.3 is 15.4 Å². The predicted molar refractivity (Wildman–Crippen MR) is 112 cm³/mol. The van der Waals surface area contributed by atoms with Crippen LogP contribution >= 0.6 is 0 Å². The third-order valence-electron chi connectivity index (χ3n) is 4.28. The molecule has 1 saturated heterocycles. The van der Waals surface area contributed by atoms with Crippen LogP contribution in [0, 0.1) is 10.1 Å². The number of fused-ring (bicyclic) bond motifs is 1. The molecular formula is C19H30N6O6. The molecule has 0 aromatic rings. The molecule has 172 valence electrons. The Kier molecular flexibility index (Phi) is 8.94. The summed E-state index contributed by atoms with van der Waals surface area (Å²) in [4.78, 5) is 43.2. The first kappa shape index (κ1) is 24.3. The monoisotopic (exact) mass is 438 g/mol. The van der Waals surface area contributed by atoms with Gasteiger partial charge in [-0.1, -0.05) is 6.42 Å². The van der Waals surface area contributed by atoms with E-state index in [1.807, 2.05) is 0 Å². The van der Waals surface area contributed by atoms with Gasteiger partial charge in [0.1, 0.15) is 17.3 Å². The van der Waals surface area contributed by atoms with Crippen molar-refractivity contribution in [3.63, 3.8) is 0 Å². The van der Waals surface area contributed by atoms with E-state index < -0.39 is 22.7 Å². The van der Waals surface area contributed by atoms with E-state index in [4.69, 9.17) is 9.68 Å². The molecule has 31 heavy (non-hydrogen) atoms. The van der Waals surface area contributed by atoms with Crippen molar-refractivity contribution in [2.45, 2.75) is 58.1 Å². The minimum absolute atomic E-state index is 0.0697. The molecule has 1 aliphatic heterocycles. The summed E-state index contributed by atoms with van der Waals surface area (Å²) < 4.78 is 5.14. The lowest BCUT2D eigenvalue weighted by molar-refractivity contribution is -0.420. The molecule has 2 rings (SSSR count). The van der Waals surface area contributed by atoms with Crippen LogP contribution in [-0.2, 0) is 14.5 Å². The maximum Gasteiger partial charge on any atom is 0.407 e. The first-order chi connectivity index (χ1) is 14.7. The molecule has 0 radical (unpaired) electrons. The van der Waals surface area contributed by atoms with E-state index in [0.717, 1.165) is 12.8 Å². The largest absolute Gasteiger partial charge is 0.444 e. The minimum atomic E-state index is -0.532. The van der Waals surface area contributed by atoms with Crippen LogP contribution in [0.15, 0.2) is 28.5 Å². The summed E-state index contributed by atoms with van der Waals surface area (Å²) in [5.41, 5.74) is 5.39. The van der Waals surface area contributed by atoms with Gasteiger partial charge in [0.2, 0.25) is 5.91 Å². The highest BCUT2D eigenvalue weighted by atomic mass is 16.8. The van der Waals surface area contributed by atoms with E-state index in [1.165, 1.54) is 6.08 Å². The van der Waals surface area contributed by atoms with Crippen molar-refractivity contribution < 1.29 is 24.2 Å². The topological polar surface area (TPSA) is 156 Å². The van der Waals surface area contributed by atoms with E-state index in [0.29, 0.717) is 43.9 Å². The van der Waals surface area contributed by atoms with E-state index in [-0.39, 0.29) is 11.6 Å². The van der Waals surface area contributed by atoms with Gasteiger partial charge in [0, 0.05) is 25.6 Å². The van der Waals surface area contributed by atoms with Crippen molar-refractivity contribution in [3.8, 4) is 0 Å². The maximum atomic E-state index is 11.9. The minimum Gasteiger partial charge on any atom is -0.444 e. The second kappa shape index (κ2) is 11.4. The number of nitrogens with one attached hydrogen (secondary N) is 4. The molecule has 2 amide bonds.